The van der Waals surface area contributed by atoms with E-state index < -0.39 is 82.2 Å². The molecule has 0 fully saturated rings. The van der Waals surface area contributed by atoms with Crippen molar-refractivity contribution in [1.29, 1.82) is 0 Å². The standard InChI is InChI=1S/C17H21F2NO5S.C12H13F2NO3S.C5H8O2/c1-4-24-15(21)9-8-13(16-11(18)6-5-7-12(16)19)26(22,23)14-10-17(2,3)25-20-14;1-12(2)6-11(15-18-12)19(16,17)7-8-9(13)4-3-5-10(8)14;1-3-5(6)7-4-2/h5-7,13H,4,8-10H2,1-3H3;3-5H,6-7H2,1-2H3;3H,1,4H2,2H3. The van der Waals surface area contributed by atoms with Crippen LogP contribution in [0.5, 0.6) is 0 Å². The Bertz CT molecular complexity index is 1860. The zero-order chi connectivity index (χ0) is 39.5. The Labute approximate surface area is 300 Å². The van der Waals surface area contributed by atoms with Crippen LogP contribution in [-0.2, 0) is 54.2 Å². The Morgan fingerprint density at radius 2 is 1.29 bits per heavy atom. The highest BCUT2D eigenvalue weighted by Gasteiger charge is 2.42. The van der Waals surface area contributed by atoms with Crippen molar-refractivity contribution in [3.8, 4) is 0 Å². The van der Waals surface area contributed by atoms with E-state index in [0.717, 1.165) is 36.4 Å². The first-order chi connectivity index (χ1) is 24.1. The van der Waals surface area contributed by atoms with Crippen LogP contribution in [0.4, 0.5) is 17.6 Å². The van der Waals surface area contributed by atoms with Crippen LogP contribution in [0.1, 0.15) is 83.6 Å². The highest BCUT2D eigenvalue weighted by molar-refractivity contribution is 8.06. The monoisotopic (exact) mass is 778 g/mol. The Morgan fingerprint density at radius 1 is 0.827 bits per heavy atom. The van der Waals surface area contributed by atoms with Gasteiger partial charge in [-0.15, -0.1) is 0 Å². The fourth-order valence-electron chi connectivity index (χ4n) is 4.59. The van der Waals surface area contributed by atoms with E-state index in [1.54, 1.807) is 41.5 Å². The fourth-order valence-corrected chi connectivity index (χ4v) is 8.11. The molecular formula is C34H42F4N2O10S2. The van der Waals surface area contributed by atoms with Gasteiger partial charge in [-0.3, -0.25) is 4.79 Å². The molecule has 18 heteroatoms. The van der Waals surface area contributed by atoms with Gasteiger partial charge in [0.15, 0.2) is 19.9 Å². The van der Waals surface area contributed by atoms with Crippen molar-refractivity contribution in [2.24, 2.45) is 10.3 Å². The Kier molecular flexibility index (Phi) is 15.5. The second-order valence-electron chi connectivity index (χ2n) is 12.5. The van der Waals surface area contributed by atoms with Gasteiger partial charge in [-0.2, -0.15) is 0 Å². The van der Waals surface area contributed by atoms with E-state index >= 15 is 0 Å². The van der Waals surface area contributed by atoms with Gasteiger partial charge in [0.1, 0.15) is 34.5 Å². The topological polar surface area (TPSA) is 164 Å². The van der Waals surface area contributed by atoms with Crippen LogP contribution >= 0.6 is 0 Å². The van der Waals surface area contributed by atoms with E-state index in [-0.39, 0.29) is 48.3 Å². The fraction of sp³-hybridized carbons (Fsp3) is 0.471. The van der Waals surface area contributed by atoms with Gasteiger partial charge >= 0.3 is 11.9 Å². The van der Waals surface area contributed by atoms with Crippen LogP contribution in [0.2, 0.25) is 0 Å². The minimum absolute atomic E-state index is 0.0265. The number of oxime groups is 2. The normalized spacial score (nSPS) is 16.3. The zero-order valence-corrected chi connectivity index (χ0v) is 31.2. The summed E-state index contributed by atoms with van der Waals surface area (Å²) >= 11 is 0. The maximum absolute atomic E-state index is 14.3. The Hall–Kier alpha value is -4.32. The number of sulfone groups is 2. The van der Waals surface area contributed by atoms with Crippen molar-refractivity contribution < 1.29 is 63.1 Å². The molecule has 288 valence electrons. The highest BCUT2D eigenvalue weighted by atomic mass is 32.2. The second-order valence-corrected chi connectivity index (χ2v) is 16.6. The second kappa shape index (κ2) is 18.4. The van der Waals surface area contributed by atoms with Gasteiger partial charge in [-0.05, 0) is 72.2 Å². The molecule has 0 bridgehead atoms. The number of benzene rings is 2. The lowest BCUT2D eigenvalue weighted by Gasteiger charge is -2.19. The van der Waals surface area contributed by atoms with Gasteiger partial charge in [-0.1, -0.05) is 29.0 Å². The number of carbonyl (C=O) groups is 2. The molecule has 2 heterocycles. The molecule has 0 saturated heterocycles. The average molecular weight is 779 g/mol. The molecular weight excluding hydrogens is 737 g/mol. The number of carbonyl (C=O) groups excluding carboxylic acids is 2. The smallest absolute Gasteiger partial charge is 0.330 e. The first-order valence-corrected chi connectivity index (χ1v) is 19.1. The molecule has 12 nitrogen and oxygen atoms in total. The van der Waals surface area contributed by atoms with E-state index in [1.807, 2.05) is 0 Å². The van der Waals surface area contributed by atoms with Gasteiger partial charge in [0, 0.05) is 36.5 Å². The van der Waals surface area contributed by atoms with Crippen LogP contribution in [0.15, 0.2) is 59.4 Å². The molecule has 0 N–H and O–H groups in total. The van der Waals surface area contributed by atoms with Crippen LogP contribution in [0.3, 0.4) is 0 Å². The first kappa shape index (κ1) is 43.8. The minimum Gasteiger partial charge on any atom is -0.466 e. The van der Waals surface area contributed by atoms with Crippen LogP contribution in [0.25, 0.3) is 0 Å². The molecule has 0 amide bonds. The van der Waals surface area contributed by atoms with Crippen LogP contribution in [0, 0.1) is 23.3 Å². The van der Waals surface area contributed by atoms with E-state index in [1.165, 1.54) is 6.07 Å². The summed E-state index contributed by atoms with van der Waals surface area (Å²) in [5, 5.41) is 5.02. The third-order valence-corrected chi connectivity index (χ3v) is 10.8. The molecule has 0 radical (unpaired) electrons. The minimum atomic E-state index is -4.24. The van der Waals surface area contributed by atoms with E-state index in [9.17, 15) is 44.0 Å². The Morgan fingerprint density at radius 3 is 1.69 bits per heavy atom. The predicted molar refractivity (Wildman–Crippen MR) is 184 cm³/mol. The summed E-state index contributed by atoms with van der Waals surface area (Å²) in [5.41, 5.74) is -2.63. The summed E-state index contributed by atoms with van der Waals surface area (Å²) < 4.78 is 115. The molecule has 1 unspecified atom stereocenters. The molecule has 0 aromatic heterocycles. The third-order valence-electron chi connectivity index (χ3n) is 7.09. The molecule has 0 spiro atoms. The SMILES string of the molecule is C=CC(=O)OCC.CC1(C)CC(S(=O)(=O)Cc2c(F)cccc2F)=NO1.CCOC(=O)CCC(c1c(F)cccc1F)S(=O)(=O)C1=NOC(C)(C)C1. The largest absolute Gasteiger partial charge is 0.466 e. The summed E-state index contributed by atoms with van der Waals surface area (Å²) in [6, 6.07) is 6.31. The third kappa shape index (κ3) is 12.4. The lowest BCUT2D eigenvalue weighted by molar-refractivity contribution is -0.143. The number of nitrogens with zero attached hydrogens (tertiary/aromatic N) is 2. The summed E-state index contributed by atoms with van der Waals surface area (Å²) in [6.07, 6.45) is 0.567. The number of esters is 2. The van der Waals surface area contributed by atoms with Gasteiger partial charge in [-0.25, -0.2) is 39.2 Å². The maximum Gasteiger partial charge on any atom is 0.330 e. The summed E-state index contributed by atoms with van der Waals surface area (Å²) in [4.78, 5) is 31.8. The van der Waals surface area contributed by atoms with Gasteiger partial charge < -0.3 is 19.1 Å². The van der Waals surface area contributed by atoms with Gasteiger partial charge in [0.2, 0.25) is 9.84 Å². The Balaban J connectivity index is 0.000000314. The lowest BCUT2D eigenvalue weighted by atomic mass is 10.1. The van der Waals surface area contributed by atoms with Crippen LogP contribution in [-0.4, -0.2) is 63.3 Å². The number of ether oxygens (including phenoxy) is 2. The summed E-state index contributed by atoms with van der Waals surface area (Å²) in [6.45, 7) is 13.8. The van der Waals surface area contributed by atoms with E-state index in [4.69, 9.17) is 14.4 Å². The number of hydrogen-bond acceptors (Lipinski definition) is 12. The number of halogens is 4. The van der Waals surface area contributed by atoms with Gasteiger partial charge in [0.05, 0.1) is 24.2 Å². The highest BCUT2D eigenvalue weighted by Crippen LogP contribution is 2.37. The molecule has 2 aliphatic rings. The van der Waals surface area contributed by atoms with Crippen molar-refractivity contribution in [3.05, 3.63) is 83.4 Å². The number of rotatable bonds is 10. The van der Waals surface area contributed by atoms with Gasteiger partial charge in [0.25, 0.3) is 0 Å². The molecule has 4 rings (SSSR count). The number of hydrogen-bond donors (Lipinski definition) is 0. The molecule has 52 heavy (non-hydrogen) atoms. The van der Waals surface area contributed by atoms with Crippen LogP contribution < -0.4 is 0 Å². The zero-order valence-electron chi connectivity index (χ0n) is 29.6. The maximum atomic E-state index is 14.3. The molecule has 2 aromatic carbocycles. The first-order valence-electron chi connectivity index (χ1n) is 15.9. The molecule has 2 aromatic rings. The molecule has 0 saturated carbocycles. The van der Waals surface area contributed by atoms with E-state index in [0.29, 0.717) is 6.61 Å². The van der Waals surface area contributed by atoms with Crippen molar-refractivity contribution in [3.63, 3.8) is 0 Å². The molecule has 2 aliphatic heterocycles. The van der Waals surface area contributed by atoms with Crippen molar-refractivity contribution in [2.45, 2.75) is 89.4 Å². The van der Waals surface area contributed by atoms with Crippen molar-refractivity contribution in [1.82, 2.24) is 0 Å². The van der Waals surface area contributed by atoms with Crippen molar-refractivity contribution in [2.75, 3.05) is 13.2 Å². The molecule has 0 aliphatic carbocycles. The molecule has 1 atom stereocenters. The lowest BCUT2D eigenvalue weighted by Crippen LogP contribution is -2.27. The quantitative estimate of drug-likeness (QED) is 0.150. The average Bonchev–Trinajstić information content (AvgIpc) is 3.62. The predicted octanol–water partition coefficient (Wildman–Crippen LogP) is 6.40. The summed E-state index contributed by atoms with van der Waals surface area (Å²) in [7, 11) is -8.13. The summed E-state index contributed by atoms with van der Waals surface area (Å²) in [5.74, 6) is -5.53. The van der Waals surface area contributed by atoms with Crippen molar-refractivity contribution >= 4 is 41.7 Å². The van der Waals surface area contributed by atoms with E-state index in [2.05, 4.69) is 21.6 Å².